The highest BCUT2D eigenvalue weighted by Crippen LogP contribution is 2.32. The van der Waals surface area contributed by atoms with E-state index < -0.39 is 17.1 Å². The van der Waals surface area contributed by atoms with Gasteiger partial charge >= 0.3 is 0 Å². The lowest BCUT2D eigenvalue weighted by Gasteiger charge is -2.12. The van der Waals surface area contributed by atoms with Gasteiger partial charge in [0.1, 0.15) is 12.4 Å². The van der Waals surface area contributed by atoms with Gasteiger partial charge < -0.3 is 5.32 Å². The van der Waals surface area contributed by atoms with Gasteiger partial charge in [0.25, 0.3) is 11.1 Å². The monoisotopic (exact) mass is 390 g/mol. The minimum atomic E-state index is -0.471. The van der Waals surface area contributed by atoms with Crippen LogP contribution in [0.2, 0.25) is 0 Å². The van der Waals surface area contributed by atoms with E-state index in [1.807, 2.05) is 17.5 Å². The van der Waals surface area contributed by atoms with E-state index in [0.717, 1.165) is 27.1 Å². The number of hydrogen-bond acceptors (Lipinski definition) is 5. The molecule has 1 aromatic carbocycles. The number of nitrogens with one attached hydrogen (secondary N) is 1. The number of rotatable bonds is 5. The highest BCUT2D eigenvalue weighted by atomic mass is 32.2. The Morgan fingerprint density at radius 1 is 1.31 bits per heavy atom. The van der Waals surface area contributed by atoms with E-state index in [1.54, 1.807) is 25.1 Å². The Hall–Kier alpha value is -2.45. The van der Waals surface area contributed by atoms with Gasteiger partial charge in [0.05, 0.1) is 4.91 Å². The molecule has 1 N–H and O–H groups in total. The van der Waals surface area contributed by atoms with Gasteiger partial charge in [-0.1, -0.05) is 18.2 Å². The molecule has 3 rings (SSSR count). The average Bonchev–Trinajstić information content (AvgIpc) is 3.20. The van der Waals surface area contributed by atoms with Gasteiger partial charge in [-0.2, -0.15) is 0 Å². The predicted molar refractivity (Wildman–Crippen MR) is 100.0 cm³/mol. The summed E-state index contributed by atoms with van der Waals surface area (Å²) in [5.41, 5.74) is 1.23. The van der Waals surface area contributed by atoms with Crippen LogP contribution in [0.4, 0.5) is 9.18 Å². The van der Waals surface area contributed by atoms with E-state index in [1.165, 1.54) is 17.4 Å². The summed E-state index contributed by atoms with van der Waals surface area (Å²) in [6.45, 7) is 1.49. The Labute approximate surface area is 157 Å². The number of hydrogen-bond donors (Lipinski definition) is 1. The van der Waals surface area contributed by atoms with Crippen molar-refractivity contribution in [3.05, 3.63) is 62.4 Å². The second-order valence-electron chi connectivity index (χ2n) is 5.64. The molecule has 0 spiro atoms. The third kappa shape index (κ3) is 4.20. The van der Waals surface area contributed by atoms with Crippen LogP contribution in [0.25, 0.3) is 6.08 Å². The smallest absolute Gasteiger partial charge is 0.294 e. The molecule has 0 radical (unpaired) electrons. The van der Waals surface area contributed by atoms with Crippen LogP contribution in [0.1, 0.15) is 16.0 Å². The summed E-state index contributed by atoms with van der Waals surface area (Å²) in [6.07, 6.45) is 1.65. The summed E-state index contributed by atoms with van der Waals surface area (Å²) >= 11 is 2.28. The van der Waals surface area contributed by atoms with Crippen molar-refractivity contribution < 1.29 is 18.8 Å². The molecule has 1 saturated heterocycles. The van der Waals surface area contributed by atoms with E-state index in [9.17, 15) is 18.8 Å². The number of carbonyl (C=O) groups is 3. The maximum atomic E-state index is 13.3. The summed E-state index contributed by atoms with van der Waals surface area (Å²) in [7, 11) is 0. The molecule has 2 aromatic rings. The Balaban J connectivity index is 1.59. The number of thiophene rings is 1. The van der Waals surface area contributed by atoms with Crippen molar-refractivity contribution in [1.29, 1.82) is 0 Å². The number of halogens is 1. The van der Waals surface area contributed by atoms with Crippen molar-refractivity contribution >= 4 is 46.2 Å². The first-order chi connectivity index (χ1) is 12.4. The van der Waals surface area contributed by atoms with Gasteiger partial charge in [0.2, 0.25) is 5.91 Å². The summed E-state index contributed by atoms with van der Waals surface area (Å²) < 4.78 is 13.3. The zero-order valence-corrected chi connectivity index (χ0v) is 15.5. The van der Waals surface area contributed by atoms with Crippen LogP contribution in [-0.2, 0) is 16.1 Å². The van der Waals surface area contributed by atoms with Crippen molar-refractivity contribution in [2.24, 2.45) is 0 Å². The molecule has 134 valence electrons. The lowest BCUT2D eigenvalue weighted by atomic mass is 10.1. The van der Waals surface area contributed by atoms with Crippen LogP contribution in [0.3, 0.4) is 0 Å². The number of aryl methyl sites for hydroxylation is 1. The standard InChI is InChI=1S/C18H15FN2O3S2/c1-11-7-12(4-5-14(11)19)9-20-16(22)10-21-17(23)15(26-18(21)24)8-13-3-2-6-25-13/h2-8H,9-10H2,1H3,(H,20,22)/b15-8-. The largest absolute Gasteiger partial charge is 0.350 e. The lowest BCUT2D eigenvalue weighted by Crippen LogP contribution is -2.39. The summed E-state index contributed by atoms with van der Waals surface area (Å²) in [4.78, 5) is 38.5. The summed E-state index contributed by atoms with van der Waals surface area (Å²) in [6, 6.07) is 8.25. The Kier molecular flexibility index (Phi) is 5.53. The molecule has 0 atom stereocenters. The molecule has 1 fully saturated rings. The fourth-order valence-corrected chi connectivity index (χ4v) is 3.92. The van der Waals surface area contributed by atoms with Crippen molar-refractivity contribution in [3.63, 3.8) is 0 Å². The molecule has 5 nitrogen and oxygen atoms in total. The van der Waals surface area contributed by atoms with E-state index in [4.69, 9.17) is 0 Å². The minimum Gasteiger partial charge on any atom is -0.350 e. The van der Waals surface area contributed by atoms with E-state index in [2.05, 4.69) is 5.32 Å². The topological polar surface area (TPSA) is 66.5 Å². The Bertz CT molecular complexity index is 894. The third-order valence-corrected chi connectivity index (χ3v) is 5.43. The molecule has 1 aliphatic heterocycles. The van der Waals surface area contributed by atoms with Crippen LogP contribution in [0, 0.1) is 12.7 Å². The molecular formula is C18H15FN2O3S2. The van der Waals surface area contributed by atoms with Crippen LogP contribution >= 0.6 is 23.1 Å². The quantitative estimate of drug-likeness (QED) is 0.793. The van der Waals surface area contributed by atoms with E-state index in [-0.39, 0.29) is 18.9 Å². The molecule has 0 unspecified atom stereocenters. The average molecular weight is 390 g/mol. The molecule has 0 bridgehead atoms. The molecular weight excluding hydrogens is 375 g/mol. The molecule has 2 heterocycles. The van der Waals surface area contributed by atoms with Gasteiger partial charge in [-0.3, -0.25) is 19.3 Å². The first kappa shape index (κ1) is 18.3. The molecule has 8 heteroatoms. The minimum absolute atomic E-state index is 0.196. The normalized spacial score (nSPS) is 15.8. The first-order valence-corrected chi connectivity index (χ1v) is 9.44. The second kappa shape index (κ2) is 7.84. The predicted octanol–water partition coefficient (Wildman–Crippen LogP) is 3.55. The van der Waals surface area contributed by atoms with Crippen LogP contribution in [0.15, 0.2) is 40.6 Å². The zero-order chi connectivity index (χ0) is 18.7. The number of nitrogens with zero attached hydrogens (tertiary/aromatic N) is 1. The van der Waals surface area contributed by atoms with Gasteiger partial charge in [-0.05, 0) is 53.4 Å². The summed E-state index contributed by atoms with van der Waals surface area (Å²) in [5.74, 6) is -1.23. The molecule has 0 saturated carbocycles. The van der Waals surface area contributed by atoms with Crippen LogP contribution in [0.5, 0.6) is 0 Å². The van der Waals surface area contributed by atoms with Crippen LogP contribution < -0.4 is 5.32 Å². The van der Waals surface area contributed by atoms with Crippen molar-refractivity contribution in [2.75, 3.05) is 6.54 Å². The van der Waals surface area contributed by atoms with E-state index in [0.29, 0.717) is 10.5 Å². The van der Waals surface area contributed by atoms with Crippen molar-refractivity contribution in [1.82, 2.24) is 10.2 Å². The molecule has 3 amide bonds. The second-order valence-corrected chi connectivity index (χ2v) is 7.62. The van der Waals surface area contributed by atoms with Crippen LogP contribution in [-0.4, -0.2) is 28.5 Å². The fraction of sp³-hybridized carbons (Fsp3) is 0.167. The fourth-order valence-electron chi connectivity index (χ4n) is 2.36. The number of carbonyl (C=O) groups excluding carboxylic acids is 3. The number of benzene rings is 1. The van der Waals surface area contributed by atoms with Crippen molar-refractivity contribution in [2.45, 2.75) is 13.5 Å². The van der Waals surface area contributed by atoms with Gasteiger partial charge in [0.15, 0.2) is 0 Å². The highest BCUT2D eigenvalue weighted by Gasteiger charge is 2.36. The van der Waals surface area contributed by atoms with Crippen molar-refractivity contribution in [3.8, 4) is 0 Å². The van der Waals surface area contributed by atoms with E-state index >= 15 is 0 Å². The molecule has 1 aromatic heterocycles. The van der Waals surface area contributed by atoms with Gasteiger partial charge in [0, 0.05) is 11.4 Å². The number of thioether (sulfide) groups is 1. The Morgan fingerprint density at radius 2 is 2.12 bits per heavy atom. The van der Waals surface area contributed by atoms with Gasteiger partial charge in [-0.15, -0.1) is 11.3 Å². The maximum Gasteiger partial charge on any atom is 0.294 e. The summed E-state index contributed by atoms with van der Waals surface area (Å²) in [5, 5.41) is 4.05. The Morgan fingerprint density at radius 3 is 2.81 bits per heavy atom. The molecule has 1 aliphatic rings. The van der Waals surface area contributed by atoms with Gasteiger partial charge in [-0.25, -0.2) is 4.39 Å². The number of imide groups is 1. The third-order valence-electron chi connectivity index (χ3n) is 3.70. The SMILES string of the molecule is Cc1cc(CNC(=O)CN2C(=O)S/C(=C\c3cccs3)C2=O)ccc1F. The highest BCUT2D eigenvalue weighted by molar-refractivity contribution is 8.18. The molecule has 0 aliphatic carbocycles. The zero-order valence-electron chi connectivity index (χ0n) is 13.8. The molecule has 26 heavy (non-hydrogen) atoms. The lowest BCUT2D eigenvalue weighted by molar-refractivity contribution is -0.129. The number of amides is 3. The first-order valence-electron chi connectivity index (χ1n) is 7.74. The maximum absolute atomic E-state index is 13.3.